The van der Waals surface area contributed by atoms with Crippen LogP contribution in [-0.2, 0) is 4.79 Å². The van der Waals surface area contributed by atoms with Gasteiger partial charge in [-0.15, -0.1) is 0 Å². The SMILES string of the molecule is CC1(C)C(C(=O)N2CC(O)C(O)C2)C1(C)C. The van der Waals surface area contributed by atoms with Crippen LogP contribution in [0.2, 0.25) is 0 Å². The summed E-state index contributed by atoms with van der Waals surface area (Å²) in [6.45, 7) is 8.92. The Morgan fingerprint density at radius 2 is 1.44 bits per heavy atom. The molecule has 2 atom stereocenters. The number of nitrogens with zero attached hydrogens (tertiary/aromatic N) is 1. The summed E-state index contributed by atoms with van der Waals surface area (Å²) in [6, 6.07) is 0. The van der Waals surface area contributed by atoms with Gasteiger partial charge in [0.05, 0.1) is 12.2 Å². The number of aliphatic hydroxyl groups is 2. The van der Waals surface area contributed by atoms with E-state index >= 15 is 0 Å². The van der Waals surface area contributed by atoms with E-state index in [1.165, 1.54) is 0 Å². The first kappa shape index (κ1) is 11.9. The Labute approximate surface area is 96.3 Å². The molecule has 0 bridgehead atoms. The molecular weight excluding hydrogens is 206 g/mol. The minimum absolute atomic E-state index is 0.0116. The number of likely N-dealkylation sites (tertiary alicyclic amines) is 1. The number of carbonyl (C=O) groups is 1. The number of rotatable bonds is 1. The van der Waals surface area contributed by atoms with Crippen LogP contribution in [0.25, 0.3) is 0 Å². The van der Waals surface area contributed by atoms with Crippen molar-refractivity contribution in [3.8, 4) is 0 Å². The molecule has 1 amide bonds. The number of aliphatic hydroxyl groups excluding tert-OH is 2. The third kappa shape index (κ3) is 1.39. The lowest BCUT2D eigenvalue weighted by molar-refractivity contribution is -0.133. The molecule has 2 aliphatic rings. The van der Waals surface area contributed by atoms with Crippen LogP contribution in [0.15, 0.2) is 0 Å². The minimum Gasteiger partial charge on any atom is -0.388 e. The Hall–Kier alpha value is -0.610. The Balaban J connectivity index is 2.07. The van der Waals surface area contributed by atoms with Gasteiger partial charge in [0, 0.05) is 19.0 Å². The molecule has 0 aromatic heterocycles. The van der Waals surface area contributed by atoms with Gasteiger partial charge in [-0.25, -0.2) is 0 Å². The number of β-amino-alcohol motifs (C(OH)–C–C–N with tert-alkyl or cyclic N) is 2. The zero-order chi connectivity index (χ0) is 12.3. The lowest BCUT2D eigenvalue weighted by Gasteiger charge is -2.16. The summed E-state index contributed by atoms with van der Waals surface area (Å²) < 4.78 is 0. The van der Waals surface area contributed by atoms with Crippen molar-refractivity contribution in [1.29, 1.82) is 0 Å². The zero-order valence-electron chi connectivity index (χ0n) is 10.4. The lowest BCUT2D eigenvalue weighted by atomic mass is 10.0. The average molecular weight is 227 g/mol. The van der Waals surface area contributed by atoms with Crippen molar-refractivity contribution in [2.24, 2.45) is 16.7 Å². The molecular formula is C12H21NO3. The van der Waals surface area contributed by atoms with Crippen LogP contribution in [0.5, 0.6) is 0 Å². The molecule has 1 saturated heterocycles. The Morgan fingerprint density at radius 3 is 1.75 bits per heavy atom. The molecule has 92 valence electrons. The number of carbonyl (C=O) groups excluding carboxylic acids is 1. The molecule has 4 heteroatoms. The molecule has 16 heavy (non-hydrogen) atoms. The summed E-state index contributed by atoms with van der Waals surface area (Å²) in [5, 5.41) is 18.9. The van der Waals surface area contributed by atoms with Gasteiger partial charge in [-0.3, -0.25) is 4.79 Å². The van der Waals surface area contributed by atoms with Crippen LogP contribution < -0.4 is 0 Å². The maximum absolute atomic E-state index is 12.2. The second kappa shape index (κ2) is 3.20. The Bertz CT molecular complexity index is 300. The van der Waals surface area contributed by atoms with Gasteiger partial charge in [-0.1, -0.05) is 27.7 Å². The van der Waals surface area contributed by atoms with E-state index in [9.17, 15) is 15.0 Å². The van der Waals surface area contributed by atoms with Crippen molar-refractivity contribution >= 4 is 5.91 Å². The fourth-order valence-electron chi connectivity index (χ4n) is 2.95. The molecule has 2 unspecified atom stereocenters. The molecule has 0 aromatic carbocycles. The van der Waals surface area contributed by atoms with E-state index in [0.29, 0.717) is 0 Å². The van der Waals surface area contributed by atoms with Crippen LogP contribution in [0.1, 0.15) is 27.7 Å². The summed E-state index contributed by atoms with van der Waals surface area (Å²) in [5.74, 6) is 0.0862. The van der Waals surface area contributed by atoms with Crippen molar-refractivity contribution in [2.75, 3.05) is 13.1 Å². The summed E-state index contributed by atoms with van der Waals surface area (Å²) in [7, 11) is 0. The highest BCUT2D eigenvalue weighted by Crippen LogP contribution is 2.68. The van der Waals surface area contributed by atoms with E-state index in [1.807, 2.05) is 0 Å². The molecule has 1 aliphatic heterocycles. The van der Waals surface area contributed by atoms with Gasteiger partial charge in [-0.2, -0.15) is 0 Å². The summed E-state index contributed by atoms with van der Waals surface area (Å²) in [5.41, 5.74) is 0.0329. The zero-order valence-corrected chi connectivity index (χ0v) is 10.4. The van der Waals surface area contributed by atoms with E-state index in [4.69, 9.17) is 0 Å². The maximum atomic E-state index is 12.2. The van der Waals surface area contributed by atoms with E-state index in [2.05, 4.69) is 27.7 Å². The van der Waals surface area contributed by atoms with Crippen LogP contribution >= 0.6 is 0 Å². The highest BCUT2D eigenvalue weighted by atomic mass is 16.3. The second-order valence-electron chi connectivity index (χ2n) is 6.25. The molecule has 1 saturated carbocycles. The summed E-state index contributed by atoms with van der Waals surface area (Å²) >= 11 is 0. The van der Waals surface area contributed by atoms with Gasteiger partial charge in [0.1, 0.15) is 0 Å². The van der Waals surface area contributed by atoms with Crippen molar-refractivity contribution in [3.05, 3.63) is 0 Å². The Kier molecular flexibility index (Phi) is 2.37. The number of hydrogen-bond donors (Lipinski definition) is 2. The molecule has 1 heterocycles. The van der Waals surface area contributed by atoms with Gasteiger partial charge in [0.25, 0.3) is 0 Å². The van der Waals surface area contributed by atoms with E-state index in [-0.39, 0.29) is 35.7 Å². The average Bonchev–Trinajstić information content (AvgIpc) is 2.39. The largest absolute Gasteiger partial charge is 0.388 e. The standard InChI is InChI=1S/C12H21NO3/c1-11(2)9(12(11,3)4)10(16)13-5-7(14)8(15)6-13/h7-9,14-15H,5-6H2,1-4H3. The molecule has 2 N–H and O–H groups in total. The summed E-state index contributed by atoms with van der Waals surface area (Å²) in [6.07, 6.45) is -1.57. The summed E-state index contributed by atoms with van der Waals surface area (Å²) in [4.78, 5) is 13.8. The van der Waals surface area contributed by atoms with Gasteiger partial charge in [0.2, 0.25) is 5.91 Å². The van der Waals surface area contributed by atoms with Crippen molar-refractivity contribution in [2.45, 2.75) is 39.9 Å². The fraction of sp³-hybridized carbons (Fsp3) is 0.917. The first-order valence-electron chi connectivity index (χ1n) is 5.84. The normalized spacial score (nSPS) is 36.5. The van der Waals surface area contributed by atoms with E-state index < -0.39 is 12.2 Å². The molecule has 0 spiro atoms. The van der Waals surface area contributed by atoms with Crippen molar-refractivity contribution in [3.63, 3.8) is 0 Å². The van der Waals surface area contributed by atoms with E-state index in [1.54, 1.807) is 4.90 Å². The third-order valence-corrected chi connectivity index (χ3v) is 4.84. The van der Waals surface area contributed by atoms with Crippen LogP contribution in [0.3, 0.4) is 0 Å². The van der Waals surface area contributed by atoms with Gasteiger partial charge >= 0.3 is 0 Å². The lowest BCUT2D eigenvalue weighted by Crippen LogP contribution is -2.32. The van der Waals surface area contributed by atoms with Crippen LogP contribution in [0, 0.1) is 16.7 Å². The highest BCUT2D eigenvalue weighted by molar-refractivity contribution is 5.84. The number of hydrogen-bond acceptors (Lipinski definition) is 3. The molecule has 0 radical (unpaired) electrons. The van der Waals surface area contributed by atoms with Crippen LogP contribution in [-0.4, -0.2) is 46.3 Å². The van der Waals surface area contributed by atoms with Gasteiger partial charge < -0.3 is 15.1 Å². The first-order chi connectivity index (χ1) is 7.19. The predicted octanol–water partition coefficient (Wildman–Crippen LogP) is 0.233. The Morgan fingerprint density at radius 1 is 1.06 bits per heavy atom. The maximum Gasteiger partial charge on any atom is 0.226 e. The third-order valence-electron chi connectivity index (χ3n) is 4.84. The minimum atomic E-state index is -0.783. The first-order valence-corrected chi connectivity index (χ1v) is 5.84. The molecule has 1 aliphatic carbocycles. The molecule has 0 aromatic rings. The smallest absolute Gasteiger partial charge is 0.226 e. The van der Waals surface area contributed by atoms with Gasteiger partial charge in [0.15, 0.2) is 0 Å². The van der Waals surface area contributed by atoms with Crippen molar-refractivity contribution in [1.82, 2.24) is 4.90 Å². The van der Waals surface area contributed by atoms with Crippen molar-refractivity contribution < 1.29 is 15.0 Å². The number of amides is 1. The predicted molar refractivity (Wildman–Crippen MR) is 59.6 cm³/mol. The van der Waals surface area contributed by atoms with Crippen LogP contribution in [0.4, 0.5) is 0 Å². The topological polar surface area (TPSA) is 60.8 Å². The van der Waals surface area contributed by atoms with Gasteiger partial charge in [-0.05, 0) is 10.8 Å². The second-order valence-corrected chi connectivity index (χ2v) is 6.25. The molecule has 2 rings (SSSR count). The molecule has 4 nitrogen and oxygen atoms in total. The van der Waals surface area contributed by atoms with E-state index in [0.717, 1.165) is 0 Å². The fourth-order valence-corrected chi connectivity index (χ4v) is 2.95. The monoisotopic (exact) mass is 227 g/mol. The highest BCUT2D eigenvalue weighted by Gasteiger charge is 2.69. The molecule has 2 fully saturated rings. The quantitative estimate of drug-likeness (QED) is 0.674.